The molecule has 0 radical (unpaired) electrons. The summed E-state index contributed by atoms with van der Waals surface area (Å²) in [6.07, 6.45) is 0. The zero-order valence-electron chi connectivity index (χ0n) is 18.7. The van der Waals surface area contributed by atoms with E-state index in [0.29, 0.717) is 22.0 Å². The Morgan fingerprint density at radius 3 is 2.50 bits per heavy atom. The first-order chi connectivity index (χ1) is 16.3. The van der Waals surface area contributed by atoms with Crippen molar-refractivity contribution in [2.75, 3.05) is 25.3 Å². The lowest BCUT2D eigenvalue weighted by atomic mass is 9.78. The van der Waals surface area contributed by atoms with Crippen molar-refractivity contribution < 1.29 is 23.9 Å². The molecule has 0 spiro atoms. The van der Waals surface area contributed by atoms with Gasteiger partial charge in [0.05, 0.1) is 36.6 Å². The largest absolute Gasteiger partial charge is 0.497 e. The molecule has 0 aromatic heterocycles. The molecule has 34 heavy (non-hydrogen) atoms. The molecule has 8 nitrogen and oxygen atoms in total. The van der Waals surface area contributed by atoms with E-state index in [1.807, 2.05) is 6.92 Å². The molecule has 176 valence electrons. The highest BCUT2D eigenvalue weighted by Gasteiger charge is 2.44. The second-order valence-corrected chi connectivity index (χ2v) is 8.79. The average molecular weight is 500 g/mol. The lowest BCUT2D eigenvalue weighted by molar-refractivity contribution is -0.150. The fourth-order valence-electron chi connectivity index (χ4n) is 3.50. The summed E-state index contributed by atoms with van der Waals surface area (Å²) in [5, 5.41) is 16.0. The van der Waals surface area contributed by atoms with Crippen LogP contribution in [0.25, 0.3) is 0 Å². The number of hydrogen-bond acceptors (Lipinski definition) is 7. The number of methoxy groups -OCH3 is 2. The van der Waals surface area contributed by atoms with Crippen LogP contribution < -0.4 is 15.4 Å². The smallest absolute Gasteiger partial charge is 0.319 e. The van der Waals surface area contributed by atoms with Crippen molar-refractivity contribution in [3.63, 3.8) is 0 Å². The van der Waals surface area contributed by atoms with E-state index in [9.17, 15) is 19.6 Å². The number of nitriles is 1. The quantitative estimate of drug-likeness (QED) is 0.440. The fourth-order valence-corrected chi connectivity index (χ4v) is 4.53. The van der Waals surface area contributed by atoms with E-state index in [1.54, 1.807) is 42.5 Å². The van der Waals surface area contributed by atoms with Crippen LogP contribution in [0.4, 0.5) is 5.69 Å². The van der Waals surface area contributed by atoms with Gasteiger partial charge in [-0.05, 0) is 42.3 Å². The van der Waals surface area contributed by atoms with E-state index in [-0.39, 0.29) is 22.3 Å². The van der Waals surface area contributed by atoms with E-state index < -0.39 is 23.7 Å². The van der Waals surface area contributed by atoms with Gasteiger partial charge in [0.1, 0.15) is 11.7 Å². The van der Waals surface area contributed by atoms with Crippen LogP contribution in [0, 0.1) is 24.2 Å². The number of carbonyl (C=O) groups is 3. The third-order valence-electron chi connectivity index (χ3n) is 5.26. The summed E-state index contributed by atoms with van der Waals surface area (Å²) in [6, 6.07) is 14.0. The highest BCUT2D eigenvalue weighted by molar-refractivity contribution is 8.03. The molecule has 2 atom stereocenters. The topological polar surface area (TPSA) is 118 Å². The van der Waals surface area contributed by atoms with Gasteiger partial charge in [0.2, 0.25) is 11.8 Å². The minimum Gasteiger partial charge on any atom is -0.497 e. The van der Waals surface area contributed by atoms with E-state index in [1.165, 1.54) is 14.2 Å². The van der Waals surface area contributed by atoms with Gasteiger partial charge in [-0.1, -0.05) is 41.6 Å². The van der Waals surface area contributed by atoms with Gasteiger partial charge >= 0.3 is 5.97 Å². The number of nitrogens with one attached hydrogen (secondary N) is 2. The van der Waals surface area contributed by atoms with Crippen LogP contribution >= 0.6 is 23.4 Å². The Morgan fingerprint density at radius 2 is 1.91 bits per heavy atom. The van der Waals surface area contributed by atoms with Crippen LogP contribution in [0.3, 0.4) is 0 Å². The van der Waals surface area contributed by atoms with Crippen molar-refractivity contribution >= 4 is 46.8 Å². The predicted molar refractivity (Wildman–Crippen MR) is 129 cm³/mol. The summed E-state index contributed by atoms with van der Waals surface area (Å²) in [7, 11) is 2.70. The highest BCUT2D eigenvalue weighted by atomic mass is 35.5. The number of ether oxygens (including phenoxy) is 2. The fraction of sp³-hybridized carbons (Fsp3) is 0.250. The van der Waals surface area contributed by atoms with Crippen LogP contribution in [0.15, 0.2) is 53.1 Å². The molecular weight excluding hydrogens is 478 g/mol. The number of allylic oxidation sites excluding steroid dienone is 1. The second kappa shape index (κ2) is 11.1. The monoisotopic (exact) mass is 499 g/mol. The van der Waals surface area contributed by atoms with E-state index in [4.69, 9.17) is 21.1 Å². The number of amides is 2. The number of hydrogen-bond donors (Lipinski definition) is 2. The zero-order valence-corrected chi connectivity index (χ0v) is 20.3. The maximum absolute atomic E-state index is 12.9. The van der Waals surface area contributed by atoms with Crippen LogP contribution in [-0.4, -0.2) is 37.8 Å². The molecule has 1 aliphatic heterocycles. The molecule has 1 aliphatic rings. The Hall–Kier alpha value is -3.48. The van der Waals surface area contributed by atoms with Gasteiger partial charge in [-0.15, -0.1) is 0 Å². The first-order valence-corrected chi connectivity index (χ1v) is 11.5. The van der Waals surface area contributed by atoms with Crippen LogP contribution in [-0.2, 0) is 19.1 Å². The van der Waals surface area contributed by atoms with Gasteiger partial charge in [0.25, 0.3) is 0 Å². The molecule has 1 heterocycles. The minimum atomic E-state index is -1.25. The van der Waals surface area contributed by atoms with Crippen molar-refractivity contribution in [1.82, 2.24) is 5.32 Å². The Balaban J connectivity index is 1.88. The lowest BCUT2D eigenvalue weighted by Crippen LogP contribution is -2.44. The first kappa shape index (κ1) is 25.1. The maximum Gasteiger partial charge on any atom is 0.319 e. The number of carbonyl (C=O) groups excluding carboxylic acids is 3. The Morgan fingerprint density at radius 1 is 1.21 bits per heavy atom. The SMILES string of the molecule is COC(=O)C1C(=O)NC(SCC(=O)Nc2ccc(C)c(Cl)c2)=C(C#N)C1c1ccc(OC)cc1. The van der Waals surface area contributed by atoms with Gasteiger partial charge in [-0.25, -0.2) is 0 Å². The number of esters is 1. The number of halogens is 1. The second-order valence-electron chi connectivity index (χ2n) is 7.40. The van der Waals surface area contributed by atoms with Gasteiger partial charge < -0.3 is 20.1 Å². The Kier molecular flexibility index (Phi) is 8.21. The van der Waals surface area contributed by atoms with Crippen molar-refractivity contribution in [2.24, 2.45) is 5.92 Å². The molecule has 0 saturated carbocycles. The van der Waals surface area contributed by atoms with Crippen molar-refractivity contribution in [1.29, 1.82) is 5.26 Å². The predicted octanol–water partition coefficient (Wildman–Crippen LogP) is 3.77. The zero-order chi connectivity index (χ0) is 24.8. The molecule has 2 amide bonds. The number of benzene rings is 2. The number of nitrogens with zero attached hydrogens (tertiary/aromatic N) is 1. The number of rotatable bonds is 7. The van der Waals surface area contributed by atoms with Gasteiger partial charge in [0.15, 0.2) is 0 Å². The van der Waals surface area contributed by atoms with E-state index in [0.717, 1.165) is 17.3 Å². The third-order valence-corrected chi connectivity index (χ3v) is 6.69. The summed E-state index contributed by atoms with van der Waals surface area (Å²) in [5.74, 6) is -3.34. The molecule has 0 aliphatic carbocycles. The highest BCUT2D eigenvalue weighted by Crippen LogP contribution is 2.40. The van der Waals surface area contributed by atoms with Gasteiger partial charge in [0, 0.05) is 16.6 Å². The normalized spacial score (nSPS) is 17.4. The van der Waals surface area contributed by atoms with E-state index in [2.05, 4.69) is 16.7 Å². The summed E-state index contributed by atoms with van der Waals surface area (Å²) in [4.78, 5) is 37.8. The minimum absolute atomic E-state index is 0.0789. The van der Waals surface area contributed by atoms with Crippen LogP contribution in [0.5, 0.6) is 5.75 Å². The maximum atomic E-state index is 12.9. The molecular formula is C24H22ClN3O5S. The van der Waals surface area contributed by atoms with Crippen molar-refractivity contribution in [3.05, 3.63) is 69.2 Å². The van der Waals surface area contributed by atoms with E-state index >= 15 is 0 Å². The molecule has 0 bridgehead atoms. The Bertz CT molecular complexity index is 1190. The van der Waals surface area contributed by atoms with Crippen LogP contribution in [0.2, 0.25) is 5.02 Å². The molecule has 3 rings (SSSR count). The Labute approximate surface area is 206 Å². The summed E-state index contributed by atoms with van der Waals surface area (Å²) >= 11 is 7.10. The summed E-state index contributed by atoms with van der Waals surface area (Å²) in [6.45, 7) is 1.85. The van der Waals surface area contributed by atoms with Crippen molar-refractivity contribution in [2.45, 2.75) is 12.8 Å². The summed E-state index contributed by atoms with van der Waals surface area (Å²) in [5.41, 5.74) is 2.15. The third kappa shape index (κ3) is 5.53. The number of anilines is 1. The number of thioether (sulfide) groups is 1. The van der Waals surface area contributed by atoms with Gasteiger partial charge in [-0.2, -0.15) is 5.26 Å². The molecule has 0 saturated heterocycles. The molecule has 2 aromatic carbocycles. The summed E-state index contributed by atoms with van der Waals surface area (Å²) < 4.78 is 10.00. The van der Waals surface area contributed by atoms with Crippen LogP contribution in [0.1, 0.15) is 17.0 Å². The first-order valence-electron chi connectivity index (χ1n) is 10.1. The molecule has 2 aromatic rings. The molecule has 0 fully saturated rings. The molecule has 10 heteroatoms. The van der Waals surface area contributed by atoms with Crippen molar-refractivity contribution in [3.8, 4) is 11.8 Å². The van der Waals surface area contributed by atoms with Gasteiger partial charge in [-0.3, -0.25) is 14.4 Å². The number of aryl methyl sites for hydroxylation is 1. The lowest BCUT2D eigenvalue weighted by Gasteiger charge is -2.31. The molecule has 2 unspecified atom stereocenters. The molecule has 2 N–H and O–H groups in total. The standard InChI is InChI=1S/C24H22ClN3O5S/c1-13-4-7-15(10-18(13)25)27-19(29)12-34-23-17(11-26)20(14-5-8-16(32-2)9-6-14)21(22(30)28-23)24(31)33-3/h4-10,20-21H,12H2,1-3H3,(H,27,29)(H,28,30). The average Bonchev–Trinajstić information content (AvgIpc) is 2.84.